The third-order valence-electron chi connectivity index (χ3n) is 3.11. The first-order chi connectivity index (χ1) is 9.76. The van der Waals surface area contributed by atoms with Crippen molar-refractivity contribution in [2.75, 3.05) is 10.7 Å². The summed E-state index contributed by atoms with van der Waals surface area (Å²) in [5, 5.41) is 11.0. The normalized spacial score (nSPS) is 13.7. The second kappa shape index (κ2) is 5.51. The van der Waals surface area contributed by atoms with E-state index in [-0.39, 0.29) is 11.6 Å². The van der Waals surface area contributed by atoms with Crippen molar-refractivity contribution in [3.63, 3.8) is 0 Å². The number of thiazole rings is 1. The number of rotatable bonds is 3. The molecular weight excluding hydrogens is 276 g/mol. The molecule has 2 heterocycles. The Balaban J connectivity index is 1.73. The van der Waals surface area contributed by atoms with Crippen LogP contribution in [0.2, 0.25) is 0 Å². The zero-order chi connectivity index (χ0) is 13.9. The van der Waals surface area contributed by atoms with E-state index in [1.165, 1.54) is 17.7 Å². The molecule has 8 heteroatoms. The number of aromatic nitrogens is 3. The summed E-state index contributed by atoms with van der Waals surface area (Å²) in [6, 6.07) is 3.15. The van der Waals surface area contributed by atoms with Crippen molar-refractivity contribution < 1.29 is 4.79 Å². The van der Waals surface area contributed by atoms with Crippen LogP contribution in [0.4, 0.5) is 10.9 Å². The molecule has 1 aliphatic carbocycles. The molecule has 0 atom stereocenters. The van der Waals surface area contributed by atoms with Crippen molar-refractivity contribution in [1.82, 2.24) is 15.2 Å². The van der Waals surface area contributed by atoms with Crippen molar-refractivity contribution >= 4 is 28.2 Å². The average Bonchev–Trinajstić information content (AvgIpc) is 2.89. The number of carbonyl (C=O) groups is 1. The van der Waals surface area contributed by atoms with E-state index in [1.807, 2.05) is 0 Å². The van der Waals surface area contributed by atoms with Gasteiger partial charge < -0.3 is 5.43 Å². The van der Waals surface area contributed by atoms with Gasteiger partial charge in [-0.2, -0.15) is 0 Å². The van der Waals surface area contributed by atoms with E-state index in [4.69, 9.17) is 5.84 Å². The molecular formula is C12H14N6OS. The van der Waals surface area contributed by atoms with Crippen molar-refractivity contribution in [2.24, 2.45) is 5.84 Å². The molecule has 104 valence electrons. The molecule has 0 spiro atoms. The summed E-state index contributed by atoms with van der Waals surface area (Å²) in [7, 11) is 0. The number of aryl methyl sites for hydroxylation is 2. The molecule has 0 saturated carbocycles. The summed E-state index contributed by atoms with van der Waals surface area (Å²) in [5.41, 5.74) is 3.71. The van der Waals surface area contributed by atoms with E-state index in [1.54, 1.807) is 23.5 Å². The number of anilines is 2. The molecule has 2 aromatic rings. The number of hydrogen-bond acceptors (Lipinski definition) is 7. The Kier molecular flexibility index (Phi) is 3.57. The summed E-state index contributed by atoms with van der Waals surface area (Å²) in [6.45, 7) is 0. The van der Waals surface area contributed by atoms with Gasteiger partial charge in [0, 0.05) is 4.88 Å². The van der Waals surface area contributed by atoms with Crippen molar-refractivity contribution in [3.8, 4) is 0 Å². The van der Waals surface area contributed by atoms with E-state index >= 15 is 0 Å². The van der Waals surface area contributed by atoms with Crippen LogP contribution in [-0.2, 0) is 12.8 Å². The Bertz CT molecular complexity index is 600. The third kappa shape index (κ3) is 2.61. The maximum atomic E-state index is 12.0. The minimum Gasteiger partial charge on any atom is -0.307 e. The number of nitrogens with two attached hydrogens (primary N) is 1. The molecule has 0 aliphatic heterocycles. The van der Waals surface area contributed by atoms with E-state index in [0.717, 1.165) is 18.5 Å². The predicted octanol–water partition coefficient (Wildman–Crippen LogP) is 1.35. The number of hydrazine groups is 1. The number of fused-ring (bicyclic) bond motifs is 1. The van der Waals surface area contributed by atoms with Gasteiger partial charge in [-0.1, -0.05) is 0 Å². The van der Waals surface area contributed by atoms with Crippen LogP contribution in [0.1, 0.15) is 33.9 Å². The van der Waals surface area contributed by atoms with Crippen LogP contribution in [0.5, 0.6) is 0 Å². The first-order valence-electron chi connectivity index (χ1n) is 6.36. The zero-order valence-electron chi connectivity index (χ0n) is 10.7. The number of nitrogens with one attached hydrogen (secondary N) is 2. The predicted molar refractivity (Wildman–Crippen MR) is 76.6 cm³/mol. The first-order valence-corrected chi connectivity index (χ1v) is 7.18. The topological polar surface area (TPSA) is 106 Å². The Morgan fingerprint density at radius 3 is 2.80 bits per heavy atom. The van der Waals surface area contributed by atoms with E-state index in [9.17, 15) is 4.79 Å². The molecule has 0 aromatic carbocycles. The van der Waals surface area contributed by atoms with E-state index < -0.39 is 0 Å². The van der Waals surface area contributed by atoms with Gasteiger partial charge in [-0.15, -0.1) is 21.5 Å². The Labute approximate surface area is 119 Å². The highest BCUT2D eigenvalue weighted by molar-refractivity contribution is 7.15. The van der Waals surface area contributed by atoms with Gasteiger partial charge >= 0.3 is 0 Å². The van der Waals surface area contributed by atoms with Gasteiger partial charge in [-0.05, 0) is 37.8 Å². The highest BCUT2D eigenvalue weighted by Crippen LogP contribution is 2.29. The van der Waals surface area contributed by atoms with Gasteiger partial charge in [-0.25, -0.2) is 10.8 Å². The molecule has 0 saturated heterocycles. The maximum absolute atomic E-state index is 12.0. The Hall–Kier alpha value is -2.06. The van der Waals surface area contributed by atoms with E-state index in [2.05, 4.69) is 25.9 Å². The molecule has 7 nitrogen and oxygen atoms in total. The van der Waals surface area contributed by atoms with E-state index in [0.29, 0.717) is 10.9 Å². The van der Waals surface area contributed by atoms with Crippen LogP contribution in [0.3, 0.4) is 0 Å². The molecule has 3 rings (SSSR count). The second-order valence-corrected chi connectivity index (χ2v) is 5.58. The highest BCUT2D eigenvalue weighted by Gasteiger charge is 2.17. The maximum Gasteiger partial charge on any atom is 0.277 e. The summed E-state index contributed by atoms with van der Waals surface area (Å²) in [5.74, 6) is 5.29. The lowest BCUT2D eigenvalue weighted by molar-refractivity contribution is 0.102. The second-order valence-electron chi connectivity index (χ2n) is 4.50. The monoisotopic (exact) mass is 290 g/mol. The Morgan fingerprint density at radius 2 is 2.10 bits per heavy atom. The smallest absolute Gasteiger partial charge is 0.277 e. The van der Waals surface area contributed by atoms with Gasteiger partial charge in [-0.3, -0.25) is 10.1 Å². The van der Waals surface area contributed by atoms with Crippen LogP contribution in [0, 0.1) is 0 Å². The Morgan fingerprint density at radius 1 is 1.25 bits per heavy atom. The molecule has 1 aliphatic rings. The fourth-order valence-electron chi connectivity index (χ4n) is 2.10. The standard InChI is InChI=1S/C12H14N6OS/c13-16-10-6-5-8(17-18-10)11(19)15-12-14-7-3-1-2-4-9(7)20-12/h5-6H,1-4,13H2,(H,16,18)(H,14,15,19). The van der Waals surface area contributed by atoms with Crippen LogP contribution in [-0.4, -0.2) is 21.1 Å². The largest absolute Gasteiger partial charge is 0.307 e. The fourth-order valence-corrected chi connectivity index (χ4v) is 3.14. The van der Waals surface area contributed by atoms with Gasteiger partial charge in [0.15, 0.2) is 16.6 Å². The number of nitrogen functional groups attached to an aromatic ring is 1. The van der Waals surface area contributed by atoms with Gasteiger partial charge in [0.05, 0.1) is 5.69 Å². The summed E-state index contributed by atoms with van der Waals surface area (Å²) in [4.78, 5) is 17.8. The van der Waals surface area contributed by atoms with Crippen molar-refractivity contribution in [1.29, 1.82) is 0 Å². The quantitative estimate of drug-likeness (QED) is 0.582. The lowest BCUT2D eigenvalue weighted by Gasteiger charge is -2.06. The summed E-state index contributed by atoms with van der Waals surface area (Å²) in [6.07, 6.45) is 4.42. The minimum atomic E-state index is -0.313. The first kappa shape index (κ1) is 12.9. The van der Waals surface area contributed by atoms with Crippen LogP contribution < -0.4 is 16.6 Å². The lowest BCUT2D eigenvalue weighted by Crippen LogP contribution is -2.16. The fraction of sp³-hybridized carbons (Fsp3) is 0.333. The average molecular weight is 290 g/mol. The molecule has 0 fully saturated rings. The molecule has 0 radical (unpaired) electrons. The minimum absolute atomic E-state index is 0.233. The highest BCUT2D eigenvalue weighted by atomic mass is 32.1. The van der Waals surface area contributed by atoms with Gasteiger partial charge in [0.25, 0.3) is 5.91 Å². The lowest BCUT2D eigenvalue weighted by atomic mass is 10.0. The van der Waals surface area contributed by atoms with Crippen LogP contribution in [0.15, 0.2) is 12.1 Å². The molecule has 0 unspecified atom stereocenters. The van der Waals surface area contributed by atoms with Crippen LogP contribution in [0.25, 0.3) is 0 Å². The number of nitrogens with zero attached hydrogens (tertiary/aromatic N) is 3. The van der Waals surface area contributed by atoms with Crippen molar-refractivity contribution in [2.45, 2.75) is 25.7 Å². The molecule has 0 bridgehead atoms. The number of carbonyl (C=O) groups excluding carboxylic acids is 1. The third-order valence-corrected chi connectivity index (χ3v) is 4.18. The molecule has 2 aromatic heterocycles. The molecule has 1 amide bonds. The van der Waals surface area contributed by atoms with Gasteiger partial charge in [0.1, 0.15) is 0 Å². The SMILES string of the molecule is NNc1ccc(C(=O)Nc2nc3c(s2)CCCC3)nn1. The molecule has 4 N–H and O–H groups in total. The summed E-state index contributed by atoms with van der Waals surface area (Å²) >= 11 is 1.54. The molecule has 20 heavy (non-hydrogen) atoms. The number of hydrogen-bond donors (Lipinski definition) is 3. The van der Waals surface area contributed by atoms with Crippen molar-refractivity contribution in [3.05, 3.63) is 28.4 Å². The van der Waals surface area contributed by atoms with Crippen LogP contribution >= 0.6 is 11.3 Å². The zero-order valence-corrected chi connectivity index (χ0v) is 11.5. The van der Waals surface area contributed by atoms with Gasteiger partial charge in [0.2, 0.25) is 0 Å². The summed E-state index contributed by atoms with van der Waals surface area (Å²) < 4.78 is 0. The number of amides is 1.